The first-order valence-corrected chi connectivity index (χ1v) is 11.6. The van der Waals surface area contributed by atoms with E-state index in [1.807, 2.05) is 67.6 Å². The lowest BCUT2D eigenvalue weighted by Gasteiger charge is -2.24. The van der Waals surface area contributed by atoms with E-state index < -0.39 is 4.92 Å². The summed E-state index contributed by atoms with van der Waals surface area (Å²) in [7, 11) is 2.86. The molecule has 1 atom stereocenters. The second-order valence-corrected chi connectivity index (χ2v) is 8.63. The molecule has 1 aliphatic rings. The summed E-state index contributed by atoms with van der Waals surface area (Å²) >= 11 is 1.18. The van der Waals surface area contributed by atoms with Gasteiger partial charge in [0.25, 0.3) is 11.6 Å². The zero-order chi connectivity index (χ0) is 24.9. The zero-order valence-corrected chi connectivity index (χ0v) is 20.2. The number of nitro groups is 1. The van der Waals surface area contributed by atoms with Gasteiger partial charge in [0.2, 0.25) is 0 Å². The van der Waals surface area contributed by atoms with Gasteiger partial charge in [-0.25, -0.2) is 4.99 Å². The van der Waals surface area contributed by atoms with Gasteiger partial charge in [0.15, 0.2) is 16.7 Å². The number of methoxy groups -OCH3 is 2. The Morgan fingerprint density at radius 3 is 2.20 bits per heavy atom. The number of nitrogens with zero attached hydrogens (tertiary/aromatic N) is 3. The summed E-state index contributed by atoms with van der Waals surface area (Å²) in [5.74, 6) is 0.274. The van der Waals surface area contributed by atoms with Crippen LogP contribution >= 0.6 is 11.8 Å². The molecule has 4 rings (SSSR count). The molecule has 35 heavy (non-hydrogen) atoms. The molecule has 0 saturated carbocycles. The predicted molar refractivity (Wildman–Crippen MR) is 137 cm³/mol. The van der Waals surface area contributed by atoms with Crippen molar-refractivity contribution in [1.29, 1.82) is 0 Å². The third-order valence-electron chi connectivity index (χ3n) is 5.50. The molecule has 1 fully saturated rings. The Kier molecular flexibility index (Phi) is 7.17. The van der Waals surface area contributed by atoms with Gasteiger partial charge < -0.3 is 9.47 Å². The molecule has 0 radical (unpaired) electrons. The number of amidine groups is 1. The number of nitro benzene ring substituents is 1. The van der Waals surface area contributed by atoms with Crippen molar-refractivity contribution in [2.24, 2.45) is 4.99 Å². The van der Waals surface area contributed by atoms with Crippen LogP contribution in [0.1, 0.15) is 24.1 Å². The number of hydrogen-bond acceptors (Lipinski definition) is 7. The quantitative estimate of drug-likeness (QED) is 0.230. The molecule has 3 aromatic rings. The minimum Gasteiger partial charge on any atom is -0.493 e. The highest BCUT2D eigenvalue weighted by Crippen LogP contribution is 2.41. The van der Waals surface area contributed by atoms with E-state index in [-0.39, 0.29) is 28.9 Å². The van der Waals surface area contributed by atoms with Gasteiger partial charge in [0.1, 0.15) is 0 Å². The maximum absolute atomic E-state index is 13.6. The molecule has 0 bridgehead atoms. The second kappa shape index (κ2) is 10.4. The van der Waals surface area contributed by atoms with Crippen molar-refractivity contribution in [1.82, 2.24) is 4.90 Å². The minimum atomic E-state index is -0.512. The van der Waals surface area contributed by atoms with Crippen molar-refractivity contribution in [3.05, 3.63) is 98.9 Å². The van der Waals surface area contributed by atoms with Gasteiger partial charge in [0.05, 0.1) is 47.4 Å². The monoisotopic (exact) mass is 489 g/mol. The van der Waals surface area contributed by atoms with E-state index in [1.54, 1.807) is 4.90 Å². The Hall–Kier alpha value is -4.11. The number of aliphatic imine (C=N–C) groups is 1. The number of benzene rings is 3. The zero-order valence-electron chi connectivity index (χ0n) is 19.4. The second-order valence-electron chi connectivity index (χ2n) is 7.63. The van der Waals surface area contributed by atoms with E-state index >= 15 is 0 Å². The summed E-state index contributed by atoms with van der Waals surface area (Å²) in [6.45, 7) is 1.93. The third-order valence-corrected chi connectivity index (χ3v) is 6.49. The summed E-state index contributed by atoms with van der Waals surface area (Å²) in [5, 5.41) is 12.3. The lowest BCUT2D eigenvalue weighted by atomic mass is 10.1. The predicted octanol–water partition coefficient (Wildman–Crippen LogP) is 5.98. The number of amides is 1. The van der Waals surface area contributed by atoms with E-state index in [0.717, 1.165) is 5.56 Å². The molecule has 9 heteroatoms. The average Bonchev–Trinajstić information content (AvgIpc) is 3.18. The van der Waals surface area contributed by atoms with Crippen LogP contribution in [-0.2, 0) is 4.79 Å². The molecule has 0 aromatic heterocycles. The van der Waals surface area contributed by atoms with Gasteiger partial charge in [-0.05, 0) is 48.5 Å². The van der Waals surface area contributed by atoms with Crippen molar-refractivity contribution in [3.8, 4) is 11.5 Å². The van der Waals surface area contributed by atoms with Crippen molar-refractivity contribution in [2.75, 3.05) is 14.2 Å². The first kappa shape index (κ1) is 24.0. The SMILES string of the molecule is COc1cc(/C=C2/SC(=Nc3ccccc3)N([C@H](C)c3ccccc3)C2=O)c([N+](=O)[O-])cc1OC. The number of rotatable bonds is 7. The number of ether oxygens (including phenoxy) is 2. The summed E-state index contributed by atoms with van der Waals surface area (Å²) in [5.41, 5.74) is 1.68. The maximum atomic E-state index is 13.6. The van der Waals surface area contributed by atoms with Crippen LogP contribution in [0, 0.1) is 10.1 Å². The van der Waals surface area contributed by atoms with Gasteiger partial charge in [-0.15, -0.1) is 0 Å². The fraction of sp³-hybridized carbons (Fsp3) is 0.154. The number of carbonyl (C=O) groups excluding carboxylic acids is 1. The van der Waals surface area contributed by atoms with E-state index in [9.17, 15) is 14.9 Å². The fourth-order valence-electron chi connectivity index (χ4n) is 3.70. The highest BCUT2D eigenvalue weighted by molar-refractivity contribution is 8.18. The summed E-state index contributed by atoms with van der Waals surface area (Å²) in [6.07, 6.45) is 1.51. The summed E-state index contributed by atoms with van der Waals surface area (Å²) in [6, 6.07) is 21.5. The first-order chi connectivity index (χ1) is 16.9. The Morgan fingerprint density at radius 1 is 1.00 bits per heavy atom. The highest BCUT2D eigenvalue weighted by Gasteiger charge is 2.37. The van der Waals surface area contributed by atoms with Crippen LogP contribution in [0.25, 0.3) is 6.08 Å². The van der Waals surface area contributed by atoms with Crippen LogP contribution in [0.4, 0.5) is 11.4 Å². The van der Waals surface area contributed by atoms with Crippen molar-refractivity contribution in [2.45, 2.75) is 13.0 Å². The molecule has 0 N–H and O–H groups in total. The third kappa shape index (κ3) is 5.04. The van der Waals surface area contributed by atoms with Gasteiger partial charge in [-0.3, -0.25) is 19.8 Å². The van der Waals surface area contributed by atoms with Crippen LogP contribution in [0.3, 0.4) is 0 Å². The Morgan fingerprint density at radius 2 is 1.60 bits per heavy atom. The maximum Gasteiger partial charge on any atom is 0.280 e. The van der Waals surface area contributed by atoms with Crippen molar-refractivity contribution in [3.63, 3.8) is 0 Å². The Balaban J connectivity index is 1.82. The Labute approximate surface area is 207 Å². The lowest BCUT2D eigenvalue weighted by Crippen LogP contribution is -2.32. The largest absolute Gasteiger partial charge is 0.493 e. The van der Waals surface area contributed by atoms with Crippen molar-refractivity contribution < 1.29 is 19.2 Å². The van der Waals surface area contributed by atoms with E-state index in [1.165, 1.54) is 44.2 Å². The molecular formula is C26H23N3O5S. The van der Waals surface area contributed by atoms with Gasteiger partial charge >= 0.3 is 0 Å². The van der Waals surface area contributed by atoms with Crippen LogP contribution in [0.2, 0.25) is 0 Å². The molecule has 3 aromatic carbocycles. The number of thioether (sulfide) groups is 1. The lowest BCUT2D eigenvalue weighted by molar-refractivity contribution is -0.385. The van der Waals surface area contributed by atoms with Crippen LogP contribution in [-0.4, -0.2) is 35.1 Å². The smallest absolute Gasteiger partial charge is 0.280 e. The molecule has 0 aliphatic carbocycles. The standard InChI is InChI=1S/C26H23N3O5S/c1-17(18-10-6-4-7-11-18)28-25(30)24(35-26(28)27-20-12-8-5-9-13-20)15-19-14-22(33-2)23(34-3)16-21(19)29(31)32/h4-17H,1-3H3/b24-15+,27-26?/t17-/m1/s1. The molecule has 0 spiro atoms. The normalized spacial score (nSPS) is 16.5. The van der Waals surface area contributed by atoms with Crippen molar-refractivity contribution >= 4 is 40.3 Å². The molecule has 8 nitrogen and oxygen atoms in total. The first-order valence-electron chi connectivity index (χ1n) is 10.7. The Bertz CT molecular complexity index is 1310. The molecule has 1 heterocycles. The molecular weight excluding hydrogens is 466 g/mol. The van der Waals surface area contributed by atoms with Crippen LogP contribution in [0.5, 0.6) is 11.5 Å². The van der Waals surface area contributed by atoms with E-state index in [0.29, 0.717) is 21.5 Å². The van der Waals surface area contributed by atoms with E-state index in [2.05, 4.69) is 0 Å². The number of carbonyl (C=O) groups is 1. The molecule has 1 amide bonds. The van der Waals surface area contributed by atoms with Gasteiger partial charge in [-0.1, -0.05) is 48.5 Å². The van der Waals surface area contributed by atoms with E-state index in [4.69, 9.17) is 14.5 Å². The average molecular weight is 490 g/mol. The number of para-hydroxylation sites is 1. The molecule has 1 aliphatic heterocycles. The molecule has 0 unspecified atom stereocenters. The fourth-order valence-corrected chi connectivity index (χ4v) is 4.76. The topological polar surface area (TPSA) is 94.3 Å². The number of hydrogen-bond donors (Lipinski definition) is 0. The van der Waals surface area contributed by atoms with Crippen LogP contribution in [0.15, 0.2) is 82.7 Å². The highest BCUT2D eigenvalue weighted by atomic mass is 32.2. The minimum absolute atomic E-state index is 0.195. The van der Waals surface area contributed by atoms with Crippen LogP contribution < -0.4 is 9.47 Å². The van der Waals surface area contributed by atoms with Gasteiger partial charge in [0, 0.05) is 0 Å². The summed E-state index contributed by atoms with van der Waals surface area (Å²) < 4.78 is 10.5. The molecule has 178 valence electrons. The summed E-state index contributed by atoms with van der Waals surface area (Å²) in [4.78, 5) is 31.5. The molecule has 1 saturated heterocycles. The van der Waals surface area contributed by atoms with Gasteiger partial charge in [-0.2, -0.15) is 0 Å².